The molecule has 4 N–H and O–H groups in total. The molecule has 3 aromatic rings. The van der Waals surface area contributed by atoms with Crippen LogP contribution in [0, 0.1) is 23.7 Å². The van der Waals surface area contributed by atoms with Crippen LogP contribution in [-0.2, 0) is 0 Å². The van der Waals surface area contributed by atoms with Gasteiger partial charge in [0.25, 0.3) is 5.89 Å². The zero-order chi connectivity index (χ0) is 18.5. The van der Waals surface area contributed by atoms with Crippen LogP contribution in [0.1, 0.15) is 5.56 Å². The lowest BCUT2D eigenvalue weighted by molar-refractivity contribution is 0.432. The van der Waals surface area contributed by atoms with Crippen LogP contribution in [0.3, 0.4) is 0 Å². The molecule has 0 aliphatic heterocycles. The Labute approximate surface area is 149 Å². The Morgan fingerprint density at radius 3 is 2.58 bits per heavy atom. The molecule has 2 aromatic carbocycles. The van der Waals surface area contributed by atoms with Gasteiger partial charge in [-0.3, -0.25) is 10.8 Å². The number of aromatic nitrogens is 2. The van der Waals surface area contributed by atoms with Crippen molar-refractivity contribution in [1.29, 1.82) is 10.7 Å². The molecule has 0 saturated carbocycles. The Hall–Kier alpha value is -3.99. The number of amidine groups is 1. The van der Waals surface area contributed by atoms with E-state index in [0.29, 0.717) is 23.0 Å². The van der Waals surface area contributed by atoms with E-state index in [4.69, 9.17) is 20.9 Å². The molecule has 0 aliphatic carbocycles. The van der Waals surface area contributed by atoms with Crippen molar-refractivity contribution in [2.24, 2.45) is 10.8 Å². The van der Waals surface area contributed by atoms with Crippen LogP contribution in [0.25, 0.3) is 22.8 Å². The third-order valence-electron chi connectivity index (χ3n) is 3.62. The highest BCUT2D eigenvalue weighted by molar-refractivity contribution is 6.45. The number of nitrogens with one attached hydrogen (secondary N) is 2. The van der Waals surface area contributed by atoms with Gasteiger partial charge in [-0.15, -0.1) is 0 Å². The zero-order valence-corrected chi connectivity index (χ0v) is 13.9. The number of hydrazone groups is 1. The van der Waals surface area contributed by atoms with Gasteiger partial charge in [-0.1, -0.05) is 41.6 Å². The van der Waals surface area contributed by atoms with Gasteiger partial charge >= 0.3 is 0 Å². The summed E-state index contributed by atoms with van der Waals surface area (Å²) in [6.07, 6.45) is 0. The number of benzene rings is 2. The number of hydrogen-bond donors (Lipinski definition) is 3. The van der Waals surface area contributed by atoms with Crippen molar-refractivity contribution in [2.45, 2.75) is 6.92 Å². The summed E-state index contributed by atoms with van der Waals surface area (Å²) < 4.78 is 5.40. The Morgan fingerprint density at radius 2 is 1.88 bits per heavy atom. The van der Waals surface area contributed by atoms with E-state index in [1.165, 1.54) is 0 Å². The topological polar surface area (TPSA) is 137 Å². The fourth-order valence-corrected chi connectivity index (χ4v) is 2.29. The second kappa shape index (κ2) is 7.27. The van der Waals surface area contributed by atoms with Crippen molar-refractivity contribution in [1.82, 2.24) is 10.1 Å². The summed E-state index contributed by atoms with van der Waals surface area (Å²) in [6.45, 7) is 1.97. The van der Waals surface area contributed by atoms with Gasteiger partial charge in [0.15, 0.2) is 5.84 Å². The first kappa shape index (κ1) is 16.9. The number of hydrogen-bond acceptors (Lipinski definition) is 7. The molecule has 0 atom stereocenters. The lowest BCUT2D eigenvalue weighted by Gasteiger charge is -2.05. The monoisotopic (exact) mass is 345 g/mol. The maximum absolute atomic E-state index is 8.93. The number of nitrogens with two attached hydrogens (primary N) is 1. The summed E-state index contributed by atoms with van der Waals surface area (Å²) in [4.78, 5) is 4.46. The minimum atomic E-state index is -0.419. The smallest absolute Gasteiger partial charge is 0.260 e. The summed E-state index contributed by atoms with van der Waals surface area (Å²) in [5.41, 5.74) is 10.9. The molecule has 0 bridgehead atoms. The Kier molecular flexibility index (Phi) is 4.71. The fraction of sp³-hybridized carbons (Fsp3) is 0.0556. The summed E-state index contributed by atoms with van der Waals surface area (Å²) in [5, 5.41) is 24.1. The maximum Gasteiger partial charge on any atom is 0.260 e. The SMILES string of the molecule is Cc1ccccc1-c1noc(-c2ccccc2N/N=C(\C#N)C(=N)N)n1. The predicted octanol–water partition coefficient (Wildman–Crippen LogP) is 2.94. The summed E-state index contributed by atoms with van der Waals surface area (Å²) in [6, 6.07) is 16.6. The van der Waals surface area contributed by atoms with E-state index in [0.717, 1.165) is 11.1 Å². The Bertz CT molecular complexity index is 1030. The van der Waals surface area contributed by atoms with Crippen molar-refractivity contribution in [3.8, 4) is 28.9 Å². The van der Waals surface area contributed by atoms with Gasteiger partial charge in [0.1, 0.15) is 6.07 Å². The molecule has 26 heavy (non-hydrogen) atoms. The molecule has 0 fully saturated rings. The van der Waals surface area contributed by atoms with Crippen LogP contribution in [0.15, 0.2) is 58.2 Å². The highest BCUT2D eigenvalue weighted by Gasteiger charge is 2.15. The third-order valence-corrected chi connectivity index (χ3v) is 3.62. The quantitative estimate of drug-likeness (QED) is 0.369. The first-order valence-electron chi connectivity index (χ1n) is 7.67. The van der Waals surface area contributed by atoms with Crippen molar-refractivity contribution >= 4 is 17.2 Å². The molecule has 0 amide bonds. The molecule has 1 aromatic heterocycles. The summed E-state index contributed by atoms with van der Waals surface area (Å²) in [5.74, 6) is 0.373. The lowest BCUT2D eigenvalue weighted by atomic mass is 10.1. The van der Waals surface area contributed by atoms with E-state index >= 15 is 0 Å². The third kappa shape index (κ3) is 3.42. The van der Waals surface area contributed by atoms with Crippen LogP contribution >= 0.6 is 0 Å². The highest BCUT2D eigenvalue weighted by atomic mass is 16.5. The minimum absolute atomic E-state index is 0.217. The van der Waals surface area contributed by atoms with Crippen LogP contribution in [0.5, 0.6) is 0 Å². The van der Waals surface area contributed by atoms with Crippen LogP contribution in [0.4, 0.5) is 5.69 Å². The number of aryl methyl sites for hydroxylation is 1. The molecule has 0 unspecified atom stereocenters. The molecular formula is C18H15N7O. The van der Waals surface area contributed by atoms with E-state index in [2.05, 4.69) is 20.7 Å². The van der Waals surface area contributed by atoms with Gasteiger partial charge in [0.2, 0.25) is 11.5 Å². The number of para-hydroxylation sites is 1. The normalized spacial score (nSPS) is 11.0. The average Bonchev–Trinajstić information content (AvgIpc) is 3.12. The van der Waals surface area contributed by atoms with Crippen molar-refractivity contribution in [3.63, 3.8) is 0 Å². The van der Waals surface area contributed by atoms with Crippen molar-refractivity contribution in [3.05, 3.63) is 54.1 Å². The molecule has 1 heterocycles. The first-order chi connectivity index (χ1) is 12.6. The minimum Gasteiger partial charge on any atom is -0.382 e. The summed E-state index contributed by atoms with van der Waals surface area (Å²) in [7, 11) is 0. The van der Waals surface area contributed by atoms with Gasteiger partial charge in [-0.25, -0.2) is 0 Å². The van der Waals surface area contributed by atoms with Crippen molar-refractivity contribution in [2.75, 3.05) is 5.43 Å². The van der Waals surface area contributed by atoms with Gasteiger partial charge in [0.05, 0.1) is 11.3 Å². The molecule has 8 heteroatoms. The summed E-state index contributed by atoms with van der Waals surface area (Å²) >= 11 is 0. The van der Waals surface area contributed by atoms with Gasteiger partial charge in [0, 0.05) is 5.56 Å². The second-order valence-corrected chi connectivity index (χ2v) is 5.38. The number of anilines is 1. The van der Waals surface area contributed by atoms with Crippen LogP contribution < -0.4 is 11.2 Å². The molecule has 0 radical (unpaired) electrons. The number of rotatable bonds is 5. The molecule has 0 spiro atoms. The van der Waals surface area contributed by atoms with E-state index in [-0.39, 0.29) is 5.71 Å². The zero-order valence-electron chi connectivity index (χ0n) is 13.9. The van der Waals surface area contributed by atoms with E-state index in [9.17, 15) is 0 Å². The standard InChI is InChI=1S/C18H15N7O/c1-11-6-2-3-7-12(11)17-22-18(26-25-17)13-8-4-5-9-14(13)23-24-15(10-19)16(20)21/h2-9,23H,1H3,(H3,20,21)/b24-15+. The van der Waals surface area contributed by atoms with Crippen LogP contribution in [0.2, 0.25) is 0 Å². The first-order valence-corrected chi connectivity index (χ1v) is 7.67. The highest BCUT2D eigenvalue weighted by Crippen LogP contribution is 2.29. The molecule has 128 valence electrons. The molecular weight excluding hydrogens is 330 g/mol. The van der Waals surface area contributed by atoms with E-state index in [1.807, 2.05) is 37.3 Å². The van der Waals surface area contributed by atoms with Crippen LogP contribution in [-0.4, -0.2) is 21.7 Å². The van der Waals surface area contributed by atoms with Crippen molar-refractivity contribution < 1.29 is 4.52 Å². The number of nitrogens with zero attached hydrogens (tertiary/aromatic N) is 4. The lowest BCUT2D eigenvalue weighted by Crippen LogP contribution is -2.21. The predicted molar refractivity (Wildman–Crippen MR) is 98.5 cm³/mol. The van der Waals surface area contributed by atoms with Gasteiger partial charge in [-0.05, 0) is 24.6 Å². The maximum atomic E-state index is 8.93. The molecule has 8 nitrogen and oxygen atoms in total. The van der Waals surface area contributed by atoms with E-state index in [1.54, 1.807) is 24.3 Å². The number of nitriles is 1. The largest absolute Gasteiger partial charge is 0.382 e. The fourth-order valence-electron chi connectivity index (χ4n) is 2.29. The molecule has 0 saturated heterocycles. The molecule has 3 rings (SSSR count). The Morgan fingerprint density at radius 1 is 1.19 bits per heavy atom. The molecule has 0 aliphatic rings. The average molecular weight is 345 g/mol. The van der Waals surface area contributed by atoms with Gasteiger partial charge in [-0.2, -0.15) is 15.3 Å². The Balaban J connectivity index is 1.96. The van der Waals surface area contributed by atoms with Gasteiger partial charge < -0.3 is 10.3 Å². The van der Waals surface area contributed by atoms with E-state index < -0.39 is 5.84 Å². The second-order valence-electron chi connectivity index (χ2n) is 5.38.